The van der Waals surface area contributed by atoms with Crippen LogP contribution in [0.1, 0.15) is 37.1 Å². The van der Waals surface area contributed by atoms with Crippen molar-refractivity contribution >= 4 is 11.8 Å². The minimum Gasteiger partial charge on any atom is -0.379 e. The molecule has 26 heavy (non-hydrogen) atoms. The Morgan fingerprint density at radius 2 is 1.96 bits per heavy atom. The number of piperidine rings is 1. The lowest BCUT2D eigenvalue weighted by Crippen LogP contribution is -2.47. The molecule has 3 fully saturated rings. The van der Waals surface area contributed by atoms with Gasteiger partial charge in [0.05, 0.1) is 24.9 Å². The maximum Gasteiger partial charge on any atom is 0.225 e. The third kappa shape index (κ3) is 3.92. The molecule has 4 rings (SSSR count). The highest BCUT2D eigenvalue weighted by Crippen LogP contribution is 2.32. The van der Waals surface area contributed by atoms with Crippen molar-refractivity contribution in [3.05, 3.63) is 17.5 Å². The van der Waals surface area contributed by atoms with E-state index in [-0.39, 0.29) is 35.6 Å². The Kier molecular flexibility index (Phi) is 4.98. The van der Waals surface area contributed by atoms with Crippen molar-refractivity contribution in [3.63, 3.8) is 0 Å². The Labute approximate surface area is 153 Å². The summed E-state index contributed by atoms with van der Waals surface area (Å²) in [4.78, 5) is 26.7. The molecule has 1 aromatic rings. The fourth-order valence-corrected chi connectivity index (χ4v) is 3.98. The Bertz CT molecular complexity index is 661. The van der Waals surface area contributed by atoms with Crippen LogP contribution in [0.25, 0.3) is 0 Å². The van der Waals surface area contributed by atoms with Gasteiger partial charge in [0.2, 0.25) is 11.8 Å². The summed E-state index contributed by atoms with van der Waals surface area (Å²) in [5.74, 6) is 1.68. The molecule has 7 nitrogen and oxygen atoms in total. The normalized spacial score (nSPS) is 26.9. The van der Waals surface area contributed by atoms with E-state index in [9.17, 15) is 9.59 Å². The Balaban J connectivity index is 1.26. The minimum absolute atomic E-state index is 0.00738. The molecular weight excluding hydrogens is 334 g/mol. The molecule has 0 radical (unpaired) electrons. The van der Waals surface area contributed by atoms with Crippen molar-refractivity contribution in [3.8, 4) is 0 Å². The predicted molar refractivity (Wildman–Crippen MR) is 93.2 cm³/mol. The number of likely N-dealkylation sites (tertiary alicyclic amines) is 1. The van der Waals surface area contributed by atoms with Crippen LogP contribution in [0.4, 0.5) is 0 Å². The topological polar surface area (TPSA) is 84.7 Å². The third-order valence-corrected chi connectivity index (χ3v) is 5.77. The first-order valence-electron chi connectivity index (χ1n) is 9.69. The zero-order valence-corrected chi connectivity index (χ0v) is 15.3. The number of ether oxygens (including phenoxy) is 1. The quantitative estimate of drug-likeness (QED) is 0.855. The van der Waals surface area contributed by atoms with Crippen molar-refractivity contribution in [2.24, 2.45) is 17.8 Å². The van der Waals surface area contributed by atoms with Crippen molar-refractivity contribution < 1.29 is 18.8 Å². The van der Waals surface area contributed by atoms with Gasteiger partial charge in [-0.3, -0.25) is 9.59 Å². The summed E-state index contributed by atoms with van der Waals surface area (Å²) in [6.07, 6.45) is 4.30. The van der Waals surface area contributed by atoms with E-state index < -0.39 is 0 Å². The summed E-state index contributed by atoms with van der Waals surface area (Å²) in [7, 11) is 0. The van der Waals surface area contributed by atoms with Crippen LogP contribution in [0.5, 0.6) is 0 Å². The molecule has 7 heteroatoms. The summed E-state index contributed by atoms with van der Waals surface area (Å²) in [5.41, 5.74) is 0.868. The lowest BCUT2D eigenvalue weighted by Gasteiger charge is -2.32. The van der Waals surface area contributed by atoms with Gasteiger partial charge in [0.15, 0.2) is 0 Å². The van der Waals surface area contributed by atoms with Crippen LogP contribution in [-0.2, 0) is 20.7 Å². The van der Waals surface area contributed by atoms with Crippen LogP contribution < -0.4 is 5.32 Å². The molecule has 1 saturated carbocycles. The second kappa shape index (κ2) is 7.39. The maximum atomic E-state index is 12.7. The van der Waals surface area contributed by atoms with E-state index in [1.165, 1.54) is 0 Å². The van der Waals surface area contributed by atoms with E-state index >= 15 is 0 Å². The SMILES string of the molecule is Cc1cc(CC2COCC2NC(=O)C2CCN(C(=O)C3CC3)CC2)on1. The second-order valence-electron chi connectivity index (χ2n) is 7.93. The van der Waals surface area contributed by atoms with E-state index in [0.29, 0.717) is 26.3 Å². The summed E-state index contributed by atoms with van der Waals surface area (Å²) >= 11 is 0. The van der Waals surface area contributed by atoms with Gasteiger partial charge in [-0.25, -0.2) is 0 Å². The molecule has 0 aromatic carbocycles. The first-order chi connectivity index (χ1) is 12.6. The monoisotopic (exact) mass is 361 g/mol. The average Bonchev–Trinajstić information content (AvgIpc) is 3.29. The van der Waals surface area contributed by atoms with Crippen LogP contribution >= 0.6 is 0 Å². The summed E-state index contributed by atoms with van der Waals surface area (Å²) in [6, 6.07) is 1.95. The van der Waals surface area contributed by atoms with E-state index in [1.54, 1.807) is 0 Å². The van der Waals surface area contributed by atoms with E-state index in [2.05, 4.69) is 10.5 Å². The molecule has 0 spiro atoms. The molecule has 3 heterocycles. The van der Waals surface area contributed by atoms with Gasteiger partial charge in [0.25, 0.3) is 0 Å². The molecule has 142 valence electrons. The van der Waals surface area contributed by atoms with Crippen molar-refractivity contribution in [2.75, 3.05) is 26.3 Å². The number of carbonyl (C=O) groups excluding carboxylic acids is 2. The van der Waals surface area contributed by atoms with Crippen LogP contribution in [0.15, 0.2) is 10.6 Å². The first kappa shape index (κ1) is 17.5. The molecular formula is C19H27N3O4. The standard InChI is InChI=1S/C19H27N3O4/c1-12-8-16(26-21-12)9-15-10-25-11-17(15)20-18(23)13-4-6-22(7-5-13)19(24)14-2-3-14/h8,13-15,17H,2-7,9-11H2,1H3,(H,20,23). The number of nitrogens with zero attached hydrogens (tertiary/aromatic N) is 2. The number of aryl methyl sites for hydroxylation is 1. The number of nitrogens with one attached hydrogen (secondary N) is 1. The number of rotatable bonds is 5. The highest BCUT2D eigenvalue weighted by molar-refractivity contribution is 5.82. The number of hydrogen-bond acceptors (Lipinski definition) is 5. The number of carbonyl (C=O) groups is 2. The zero-order valence-electron chi connectivity index (χ0n) is 15.3. The Hall–Kier alpha value is -1.89. The van der Waals surface area contributed by atoms with Gasteiger partial charge >= 0.3 is 0 Å². The van der Waals surface area contributed by atoms with Crippen molar-refractivity contribution in [1.82, 2.24) is 15.4 Å². The van der Waals surface area contributed by atoms with Gasteiger partial charge < -0.3 is 19.5 Å². The molecule has 2 saturated heterocycles. The van der Waals surface area contributed by atoms with Crippen molar-refractivity contribution in [1.29, 1.82) is 0 Å². The lowest BCUT2D eigenvalue weighted by atomic mass is 9.93. The van der Waals surface area contributed by atoms with Crippen LogP contribution in [0, 0.1) is 24.7 Å². The average molecular weight is 361 g/mol. The largest absolute Gasteiger partial charge is 0.379 e. The molecule has 2 amide bonds. The zero-order chi connectivity index (χ0) is 18.1. The first-order valence-corrected chi connectivity index (χ1v) is 9.69. The van der Waals surface area contributed by atoms with Gasteiger partial charge in [-0.05, 0) is 32.6 Å². The highest BCUT2D eigenvalue weighted by Gasteiger charge is 2.37. The van der Waals surface area contributed by atoms with Crippen LogP contribution in [0.2, 0.25) is 0 Å². The highest BCUT2D eigenvalue weighted by atomic mass is 16.5. The lowest BCUT2D eigenvalue weighted by molar-refractivity contribution is -0.136. The van der Waals surface area contributed by atoms with Gasteiger partial charge in [-0.15, -0.1) is 0 Å². The molecule has 2 unspecified atom stereocenters. The van der Waals surface area contributed by atoms with Gasteiger partial charge in [0.1, 0.15) is 5.76 Å². The van der Waals surface area contributed by atoms with Gasteiger partial charge in [-0.1, -0.05) is 5.16 Å². The van der Waals surface area contributed by atoms with Gasteiger partial charge in [-0.2, -0.15) is 0 Å². The summed E-state index contributed by atoms with van der Waals surface area (Å²) < 4.78 is 10.9. The minimum atomic E-state index is -0.00738. The Morgan fingerprint density at radius 1 is 1.19 bits per heavy atom. The summed E-state index contributed by atoms with van der Waals surface area (Å²) in [6.45, 7) is 4.48. The second-order valence-corrected chi connectivity index (χ2v) is 7.93. The fraction of sp³-hybridized carbons (Fsp3) is 0.737. The van der Waals surface area contributed by atoms with E-state index in [4.69, 9.17) is 9.26 Å². The molecule has 1 aliphatic carbocycles. The number of aromatic nitrogens is 1. The molecule has 1 aromatic heterocycles. The van der Waals surface area contributed by atoms with E-state index in [0.717, 1.165) is 43.6 Å². The summed E-state index contributed by atoms with van der Waals surface area (Å²) in [5, 5.41) is 7.10. The van der Waals surface area contributed by atoms with E-state index in [1.807, 2.05) is 17.9 Å². The number of hydrogen-bond donors (Lipinski definition) is 1. The molecule has 2 aliphatic heterocycles. The smallest absolute Gasteiger partial charge is 0.225 e. The van der Waals surface area contributed by atoms with Crippen LogP contribution in [-0.4, -0.2) is 54.2 Å². The fourth-order valence-electron chi connectivity index (χ4n) is 3.98. The predicted octanol–water partition coefficient (Wildman–Crippen LogP) is 1.31. The molecule has 3 aliphatic rings. The molecule has 1 N–H and O–H groups in total. The molecule has 2 atom stereocenters. The molecule has 0 bridgehead atoms. The third-order valence-electron chi connectivity index (χ3n) is 5.77. The van der Waals surface area contributed by atoms with Crippen LogP contribution in [0.3, 0.4) is 0 Å². The number of amides is 2. The Morgan fingerprint density at radius 3 is 2.62 bits per heavy atom. The van der Waals surface area contributed by atoms with Crippen molar-refractivity contribution in [2.45, 2.75) is 45.1 Å². The van der Waals surface area contributed by atoms with Gasteiger partial charge in [0, 0.05) is 43.3 Å². The maximum absolute atomic E-state index is 12.7.